The lowest BCUT2D eigenvalue weighted by molar-refractivity contribution is 0.112. The van der Waals surface area contributed by atoms with Crippen molar-refractivity contribution in [1.29, 1.82) is 0 Å². The Kier molecular flexibility index (Phi) is 2.55. The molecule has 0 unspecified atom stereocenters. The zero-order valence-corrected chi connectivity index (χ0v) is 8.72. The summed E-state index contributed by atoms with van der Waals surface area (Å²) in [5.74, 6) is 0. The number of carbonyl (C=O) groups is 1. The highest BCUT2D eigenvalue weighted by Gasteiger charge is 2.16. The Morgan fingerprint density at radius 1 is 1.23 bits per heavy atom. The lowest BCUT2D eigenvalue weighted by Crippen LogP contribution is -2.13. The zero-order chi connectivity index (χ0) is 10.1. The molecule has 0 aliphatic heterocycles. The van der Waals surface area contributed by atoms with Gasteiger partial charge in [0, 0.05) is 5.56 Å². The molecule has 0 heterocycles. The smallest absolute Gasteiger partial charge is 0.150 e. The van der Waals surface area contributed by atoms with Crippen LogP contribution in [0.15, 0.2) is 18.2 Å². The summed E-state index contributed by atoms with van der Waals surface area (Å²) in [4.78, 5) is 10.7. The first-order valence-corrected chi connectivity index (χ1v) is 4.52. The van der Waals surface area contributed by atoms with E-state index in [1.807, 2.05) is 19.1 Å². The van der Waals surface area contributed by atoms with E-state index in [-0.39, 0.29) is 5.41 Å². The first-order valence-electron chi connectivity index (χ1n) is 4.52. The van der Waals surface area contributed by atoms with E-state index in [0.29, 0.717) is 0 Å². The second-order valence-electron chi connectivity index (χ2n) is 4.39. The standard InChI is InChI=1S/C12H16O/c1-9-10(8-13)6-5-7-11(9)12(2,3)4/h5-8H,1-4H3. The topological polar surface area (TPSA) is 17.1 Å². The lowest BCUT2D eigenvalue weighted by Gasteiger charge is -2.22. The average Bonchev–Trinajstić information content (AvgIpc) is 2.02. The van der Waals surface area contributed by atoms with E-state index in [2.05, 4.69) is 26.8 Å². The van der Waals surface area contributed by atoms with Crippen LogP contribution in [0.3, 0.4) is 0 Å². The van der Waals surface area contributed by atoms with Crippen LogP contribution in [0.25, 0.3) is 0 Å². The van der Waals surface area contributed by atoms with Crippen LogP contribution in [0, 0.1) is 6.92 Å². The van der Waals surface area contributed by atoms with Crippen LogP contribution in [-0.2, 0) is 5.41 Å². The van der Waals surface area contributed by atoms with Crippen molar-refractivity contribution in [2.45, 2.75) is 33.1 Å². The molecule has 1 rings (SSSR count). The second kappa shape index (κ2) is 3.33. The summed E-state index contributed by atoms with van der Waals surface area (Å²) in [5.41, 5.74) is 3.26. The van der Waals surface area contributed by atoms with Crippen molar-refractivity contribution < 1.29 is 4.79 Å². The minimum Gasteiger partial charge on any atom is -0.298 e. The highest BCUT2D eigenvalue weighted by atomic mass is 16.1. The number of aldehydes is 1. The molecular weight excluding hydrogens is 160 g/mol. The Morgan fingerprint density at radius 3 is 2.31 bits per heavy atom. The molecule has 0 N–H and O–H groups in total. The van der Waals surface area contributed by atoms with Gasteiger partial charge >= 0.3 is 0 Å². The Morgan fingerprint density at radius 2 is 1.85 bits per heavy atom. The molecule has 13 heavy (non-hydrogen) atoms. The Balaban J connectivity index is 3.32. The molecule has 0 saturated heterocycles. The summed E-state index contributed by atoms with van der Waals surface area (Å²) in [5, 5.41) is 0. The van der Waals surface area contributed by atoms with Gasteiger partial charge in [-0.25, -0.2) is 0 Å². The third-order valence-corrected chi connectivity index (χ3v) is 2.31. The van der Waals surface area contributed by atoms with Crippen molar-refractivity contribution >= 4 is 6.29 Å². The first kappa shape index (κ1) is 9.97. The Bertz CT molecular complexity index is 318. The van der Waals surface area contributed by atoms with Gasteiger partial charge < -0.3 is 0 Å². The van der Waals surface area contributed by atoms with Crippen molar-refractivity contribution in [3.63, 3.8) is 0 Å². The summed E-state index contributed by atoms with van der Waals surface area (Å²) in [6.07, 6.45) is 0.921. The predicted molar refractivity (Wildman–Crippen MR) is 55.3 cm³/mol. The lowest BCUT2D eigenvalue weighted by atomic mass is 9.83. The van der Waals surface area contributed by atoms with Crippen molar-refractivity contribution in [1.82, 2.24) is 0 Å². The van der Waals surface area contributed by atoms with E-state index in [4.69, 9.17) is 0 Å². The molecule has 0 saturated carbocycles. The molecule has 0 aliphatic rings. The van der Waals surface area contributed by atoms with Crippen molar-refractivity contribution in [3.8, 4) is 0 Å². The van der Waals surface area contributed by atoms with Crippen LogP contribution in [0.4, 0.5) is 0 Å². The molecule has 0 aliphatic carbocycles. The highest BCUT2D eigenvalue weighted by Crippen LogP contribution is 2.26. The van der Waals surface area contributed by atoms with Crippen LogP contribution in [0.5, 0.6) is 0 Å². The van der Waals surface area contributed by atoms with Gasteiger partial charge in [0.05, 0.1) is 0 Å². The Hall–Kier alpha value is -1.11. The SMILES string of the molecule is Cc1c(C=O)cccc1C(C)(C)C. The molecule has 0 amide bonds. The highest BCUT2D eigenvalue weighted by molar-refractivity contribution is 5.77. The molecule has 1 aromatic rings. The summed E-state index contributed by atoms with van der Waals surface area (Å²) in [7, 11) is 0. The van der Waals surface area contributed by atoms with Crippen LogP contribution in [-0.4, -0.2) is 6.29 Å². The zero-order valence-electron chi connectivity index (χ0n) is 8.72. The van der Waals surface area contributed by atoms with Gasteiger partial charge in [0.25, 0.3) is 0 Å². The summed E-state index contributed by atoms with van der Waals surface area (Å²) < 4.78 is 0. The van der Waals surface area contributed by atoms with Gasteiger partial charge in [0.1, 0.15) is 6.29 Å². The molecular formula is C12H16O. The molecule has 0 bridgehead atoms. The average molecular weight is 176 g/mol. The molecule has 0 spiro atoms. The van der Waals surface area contributed by atoms with Crippen molar-refractivity contribution in [2.75, 3.05) is 0 Å². The number of hydrogen-bond donors (Lipinski definition) is 0. The third-order valence-electron chi connectivity index (χ3n) is 2.31. The molecule has 0 radical (unpaired) electrons. The van der Waals surface area contributed by atoms with Gasteiger partial charge in [-0.05, 0) is 23.5 Å². The van der Waals surface area contributed by atoms with Gasteiger partial charge in [-0.15, -0.1) is 0 Å². The van der Waals surface area contributed by atoms with Crippen LogP contribution < -0.4 is 0 Å². The van der Waals surface area contributed by atoms with E-state index in [1.54, 1.807) is 0 Å². The molecule has 0 fully saturated rings. The molecule has 0 aromatic heterocycles. The first-order chi connectivity index (χ1) is 5.96. The van der Waals surface area contributed by atoms with E-state index >= 15 is 0 Å². The molecule has 1 aromatic carbocycles. The van der Waals surface area contributed by atoms with Gasteiger partial charge in [0.15, 0.2) is 0 Å². The molecule has 0 atom stereocenters. The van der Waals surface area contributed by atoms with Crippen LogP contribution in [0.2, 0.25) is 0 Å². The minimum absolute atomic E-state index is 0.114. The number of carbonyl (C=O) groups excluding carboxylic acids is 1. The van der Waals surface area contributed by atoms with Crippen molar-refractivity contribution in [2.24, 2.45) is 0 Å². The van der Waals surface area contributed by atoms with E-state index in [0.717, 1.165) is 17.4 Å². The number of benzene rings is 1. The number of hydrogen-bond acceptors (Lipinski definition) is 1. The van der Waals surface area contributed by atoms with Crippen LogP contribution >= 0.6 is 0 Å². The van der Waals surface area contributed by atoms with Gasteiger partial charge in [-0.3, -0.25) is 4.79 Å². The molecule has 1 heteroatoms. The maximum atomic E-state index is 10.7. The normalized spacial score (nSPS) is 11.4. The quantitative estimate of drug-likeness (QED) is 0.601. The predicted octanol–water partition coefficient (Wildman–Crippen LogP) is 3.11. The fourth-order valence-corrected chi connectivity index (χ4v) is 1.59. The van der Waals surface area contributed by atoms with Gasteiger partial charge in [-0.1, -0.05) is 39.0 Å². The second-order valence-corrected chi connectivity index (χ2v) is 4.39. The summed E-state index contributed by atoms with van der Waals surface area (Å²) >= 11 is 0. The minimum atomic E-state index is 0.114. The fraction of sp³-hybridized carbons (Fsp3) is 0.417. The Labute approximate surface area is 79.8 Å². The third kappa shape index (κ3) is 1.97. The number of rotatable bonds is 1. The van der Waals surface area contributed by atoms with E-state index in [9.17, 15) is 4.79 Å². The van der Waals surface area contributed by atoms with Gasteiger partial charge in [-0.2, -0.15) is 0 Å². The van der Waals surface area contributed by atoms with E-state index < -0.39 is 0 Å². The molecule has 70 valence electrons. The monoisotopic (exact) mass is 176 g/mol. The van der Waals surface area contributed by atoms with E-state index in [1.165, 1.54) is 5.56 Å². The summed E-state index contributed by atoms with van der Waals surface area (Å²) in [6.45, 7) is 8.47. The van der Waals surface area contributed by atoms with Crippen LogP contribution in [0.1, 0.15) is 42.3 Å². The molecule has 1 nitrogen and oxygen atoms in total. The largest absolute Gasteiger partial charge is 0.298 e. The van der Waals surface area contributed by atoms with Gasteiger partial charge in [0.2, 0.25) is 0 Å². The maximum absolute atomic E-state index is 10.7. The maximum Gasteiger partial charge on any atom is 0.150 e. The van der Waals surface area contributed by atoms with Crippen molar-refractivity contribution in [3.05, 3.63) is 34.9 Å². The summed E-state index contributed by atoms with van der Waals surface area (Å²) in [6, 6.07) is 5.89. The fourth-order valence-electron chi connectivity index (χ4n) is 1.59.